The molecule has 6 heteroatoms. The topological polar surface area (TPSA) is 52.6 Å². The van der Waals surface area contributed by atoms with Gasteiger partial charge in [0.25, 0.3) is 0 Å². The van der Waals surface area contributed by atoms with Crippen LogP contribution in [0.1, 0.15) is 23.0 Å². The molecule has 0 radical (unpaired) electrons. The molecule has 134 valence electrons. The van der Waals surface area contributed by atoms with Crippen molar-refractivity contribution in [3.05, 3.63) is 96.6 Å². The van der Waals surface area contributed by atoms with Crippen molar-refractivity contribution in [1.29, 1.82) is 0 Å². The zero-order valence-corrected chi connectivity index (χ0v) is 16.1. The Balaban J connectivity index is 1.64. The first kappa shape index (κ1) is 17.1. The minimum Gasteiger partial charge on any atom is -0.470 e. The average Bonchev–Trinajstić information content (AvgIpc) is 3.42. The molecule has 0 aliphatic carbocycles. The van der Waals surface area contributed by atoms with Gasteiger partial charge in [-0.25, -0.2) is 0 Å². The van der Waals surface area contributed by atoms with E-state index in [2.05, 4.69) is 18.2 Å². The van der Waals surface area contributed by atoms with Crippen molar-refractivity contribution in [2.75, 3.05) is 0 Å². The normalized spacial score (nSPS) is 11.8. The molecule has 4 aromatic rings. The summed E-state index contributed by atoms with van der Waals surface area (Å²) in [5.74, 6) is 4.87. The second-order valence-electron chi connectivity index (χ2n) is 6.32. The van der Waals surface area contributed by atoms with Gasteiger partial charge >= 0.3 is 0 Å². The van der Waals surface area contributed by atoms with Crippen molar-refractivity contribution in [3.8, 4) is 0 Å². The van der Waals surface area contributed by atoms with E-state index in [1.165, 1.54) is 0 Å². The summed E-state index contributed by atoms with van der Waals surface area (Å²) < 4.78 is 22.7. The van der Waals surface area contributed by atoms with E-state index in [9.17, 15) is 0 Å². The molecule has 0 amide bonds. The van der Waals surface area contributed by atoms with Crippen LogP contribution in [0.15, 0.2) is 91.3 Å². The summed E-state index contributed by atoms with van der Waals surface area (Å²) in [7, 11) is -1.99. The number of hydrogen-bond donors (Lipinski definition) is 0. The molecule has 0 N–H and O–H groups in total. The van der Waals surface area contributed by atoms with E-state index in [1.54, 1.807) is 25.1 Å². The van der Waals surface area contributed by atoms with Crippen LogP contribution in [-0.4, -0.2) is 7.22 Å². The molecule has 0 unspecified atom stereocenters. The molecule has 0 saturated carbocycles. The Morgan fingerprint density at radius 2 is 0.962 bits per heavy atom. The molecule has 0 aliphatic heterocycles. The Morgan fingerprint density at radius 1 is 0.577 bits per heavy atom. The minimum atomic E-state index is -1.99. The maximum atomic E-state index is 5.70. The second kappa shape index (κ2) is 7.93. The Kier molecular flexibility index (Phi) is 5.22. The minimum absolute atomic E-state index is 0.835. The molecule has 0 aliphatic rings. The van der Waals surface area contributed by atoms with Gasteiger partial charge in [-0.05, 0) is 48.5 Å². The molecular weight excluding hydrogens is 364 g/mol. The molecule has 0 aromatic carbocycles. The summed E-state index contributed by atoms with van der Waals surface area (Å²) in [4.78, 5) is 0. The zero-order chi connectivity index (χ0) is 17.7. The summed E-state index contributed by atoms with van der Waals surface area (Å²) in [6, 6.07) is 18.7. The number of rotatable bonds is 9. The van der Waals surface area contributed by atoms with E-state index in [-0.39, 0.29) is 0 Å². The fourth-order valence-corrected chi connectivity index (χ4v) is 10.5. The lowest BCUT2D eigenvalue weighted by molar-refractivity contribution is 0.512. The van der Waals surface area contributed by atoms with Gasteiger partial charge in [0, 0.05) is 23.9 Å². The molecule has 0 atom stereocenters. The summed E-state index contributed by atoms with van der Waals surface area (Å²) in [5.41, 5.74) is 0. The Labute approximate surface area is 156 Å². The van der Waals surface area contributed by atoms with Gasteiger partial charge < -0.3 is 17.7 Å². The Bertz CT molecular complexity index is 776. The first-order valence-electron chi connectivity index (χ1n) is 8.55. The highest BCUT2D eigenvalue weighted by atomic mass is 32.4. The third-order valence-electron chi connectivity index (χ3n) is 4.33. The lowest BCUT2D eigenvalue weighted by atomic mass is 10.5. The molecule has 0 fully saturated rings. The summed E-state index contributed by atoms with van der Waals surface area (Å²) in [6.07, 6.45) is 6.95. The van der Waals surface area contributed by atoms with Crippen molar-refractivity contribution in [2.24, 2.45) is 0 Å². The average molecular weight is 385 g/mol. The van der Waals surface area contributed by atoms with Crippen LogP contribution in [0.2, 0.25) is 0 Å². The maximum absolute atomic E-state index is 5.70. The third kappa shape index (κ3) is 4.26. The van der Waals surface area contributed by atoms with E-state index in [1.807, 2.05) is 41.5 Å². The van der Waals surface area contributed by atoms with Crippen molar-refractivity contribution >= 4 is 18.4 Å². The van der Waals surface area contributed by atoms with Gasteiger partial charge in [0.15, 0.2) is 0 Å². The van der Waals surface area contributed by atoms with Gasteiger partial charge in [-0.15, -0.1) is 0 Å². The van der Waals surface area contributed by atoms with Gasteiger partial charge in [-0.2, -0.15) is 11.2 Å². The van der Waals surface area contributed by atoms with E-state index >= 15 is 0 Å². The summed E-state index contributed by atoms with van der Waals surface area (Å²) in [6.45, 7) is 0. The van der Waals surface area contributed by atoms with Crippen LogP contribution in [0.5, 0.6) is 0 Å². The van der Waals surface area contributed by atoms with Gasteiger partial charge in [0.05, 0.1) is 25.1 Å². The first-order chi connectivity index (χ1) is 12.8. The van der Waals surface area contributed by atoms with Gasteiger partial charge in [0.1, 0.15) is 30.3 Å². The van der Waals surface area contributed by atoms with Crippen molar-refractivity contribution in [3.63, 3.8) is 0 Å². The van der Waals surface area contributed by atoms with Crippen LogP contribution >= 0.6 is 11.2 Å². The standard InChI is InChI=1S/C20H20O4SSi/c1-5-17(21-9-1)13-25-26(14-18-6-2-10-22-18,15-19-7-3-11-23-19)16-20-8-4-12-24-20/h1-12H,13-16H2. The van der Waals surface area contributed by atoms with Gasteiger partial charge in [-0.1, -0.05) is 0 Å². The highest BCUT2D eigenvalue weighted by Gasteiger charge is 2.38. The number of hydrogen-bond acceptors (Lipinski definition) is 5. The summed E-state index contributed by atoms with van der Waals surface area (Å²) in [5, 5.41) is 0. The van der Waals surface area contributed by atoms with E-state index in [0.29, 0.717) is 0 Å². The molecule has 0 saturated heterocycles. The Morgan fingerprint density at radius 3 is 1.31 bits per heavy atom. The highest BCUT2D eigenvalue weighted by Crippen LogP contribution is 2.35. The molecule has 26 heavy (non-hydrogen) atoms. The van der Waals surface area contributed by atoms with Gasteiger partial charge in [-0.3, -0.25) is 0 Å². The fourth-order valence-electron chi connectivity index (χ4n) is 3.15. The Hall–Kier alpha value is -2.31. The molecule has 4 heterocycles. The van der Waals surface area contributed by atoms with Crippen LogP contribution < -0.4 is 0 Å². The van der Waals surface area contributed by atoms with E-state index < -0.39 is 7.22 Å². The molecule has 4 rings (SSSR count). The maximum Gasteiger partial charge on any atom is 0.140 e. The van der Waals surface area contributed by atoms with Gasteiger partial charge in [0.2, 0.25) is 0 Å². The zero-order valence-electron chi connectivity index (χ0n) is 14.3. The fraction of sp³-hybridized carbons (Fsp3) is 0.200. The summed E-state index contributed by atoms with van der Waals surface area (Å²) >= 11 is 1.99. The second-order valence-corrected chi connectivity index (χ2v) is 13.8. The highest BCUT2D eigenvalue weighted by molar-refractivity contribution is 8.28. The molecule has 0 bridgehead atoms. The van der Waals surface area contributed by atoms with E-state index in [0.717, 1.165) is 46.9 Å². The van der Waals surface area contributed by atoms with Crippen LogP contribution in [0.4, 0.5) is 0 Å². The van der Waals surface area contributed by atoms with Crippen LogP contribution in [0.3, 0.4) is 0 Å². The van der Waals surface area contributed by atoms with Crippen molar-refractivity contribution in [1.82, 2.24) is 0 Å². The molecule has 0 spiro atoms. The van der Waals surface area contributed by atoms with Crippen molar-refractivity contribution < 1.29 is 17.7 Å². The largest absolute Gasteiger partial charge is 0.470 e. The molecular formula is C20H20O4SSi. The van der Waals surface area contributed by atoms with Crippen LogP contribution in [0.25, 0.3) is 0 Å². The lowest BCUT2D eigenvalue weighted by Gasteiger charge is -2.29. The van der Waals surface area contributed by atoms with E-state index in [4.69, 9.17) is 17.7 Å². The number of furan rings is 4. The van der Waals surface area contributed by atoms with Crippen molar-refractivity contribution in [2.45, 2.75) is 23.9 Å². The van der Waals surface area contributed by atoms with Crippen LogP contribution in [-0.2, 0) is 23.9 Å². The smallest absolute Gasteiger partial charge is 0.140 e. The SMILES string of the molecule is c1coc(CS[Si](Cc2ccco2)(Cc2ccco2)Cc2ccco2)c1. The lowest BCUT2D eigenvalue weighted by Crippen LogP contribution is -2.40. The predicted octanol–water partition coefficient (Wildman–Crippen LogP) is 5.58. The predicted molar refractivity (Wildman–Crippen MR) is 103 cm³/mol. The quantitative estimate of drug-likeness (QED) is 0.352. The first-order valence-corrected chi connectivity index (χ1v) is 12.9. The monoisotopic (exact) mass is 384 g/mol. The third-order valence-corrected chi connectivity index (χ3v) is 11.9. The van der Waals surface area contributed by atoms with Crippen LogP contribution in [0, 0.1) is 0 Å². The molecule has 4 nitrogen and oxygen atoms in total. The molecule has 4 aromatic heterocycles.